The first-order valence-electron chi connectivity index (χ1n) is 10.8. The number of aliphatic hydroxyl groups excluding tert-OH is 1. The van der Waals surface area contributed by atoms with Crippen LogP contribution in [0.5, 0.6) is 0 Å². The molecule has 25 heavy (non-hydrogen) atoms. The smallest absolute Gasteiger partial charge is 0.331 e. The van der Waals surface area contributed by atoms with E-state index in [-0.39, 0.29) is 12.1 Å². The first kappa shape index (κ1) is 22.2. The fourth-order valence-electron chi connectivity index (χ4n) is 3.51. The lowest BCUT2D eigenvalue weighted by Crippen LogP contribution is -2.08. The normalized spacial score (nSPS) is 15.3. The number of hydrogen-bond acceptors (Lipinski definition) is 3. The highest BCUT2D eigenvalue weighted by Crippen LogP contribution is 2.17. The second-order valence-corrected chi connectivity index (χ2v) is 7.65. The fraction of sp³-hybridized carbons (Fsp3) is 0.864. The molecule has 0 bridgehead atoms. The zero-order valence-corrected chi connectivity index (χ0v) is 16.4. The van der Waals surface area contributed by atoms with Gasteiger partial charge < -0.3 is 9.84 Å². The monoisotopic (exact) mass is 352 g/mol. The highest BCUT2D eigenvalue weighted by atomic mass is 16.5. The summed E-state index contributed by atoms with van der Waals surface area (Å²) in [5.74, 6) is -0.265. The molecule has 0 aromatic carbocycles. The summed E-state index contributed by atoms with van der Waals surface area (Å²) in [6.45, 7) is 2.64. The van der Waals surface area contributed by atoms with Crippen LogP contribution in [0.3, 0.4) is 0 Å². The summed E-state index contributed by atoms with van der Waals surface area (Å²) in [5.41, 5.74) is 0.933. The summed E-state index contributed by atoms with van der Waals surface area (Å²) in [6.07, 6.45) is 21.6. The van der Waals surface area contributed by atoms with Crippen molar-refractivity contribution in [1.29, 1.82) is 0 Å². The summed E-state index contributed by atoms with van der Waals surface area (Å²) < 4.78 is 4.85. The number of ether oxygens (including phenoxy) is 1. The molecule has 146 valence electrons. The van der Waals surface area contributed by atoms with Crippen LogP contribution in [-0.2, 0) is 9.53 Å². The lowest BCUT2D eigenvalue weighted by atomic mass is 10.0. The van der Waals surface area contributed by atoms with Gasteiger partial charge in [0.1, 0.15) is 6.61 Å². The van der Waals surface area contributed by atoms with Gasteiger partial charge in [-0.15, -0.1) is 0 Å². The molecule has 1 aliphatic heterocycles. The summed E-state index contributed by atoms with van der Waals surface area (Å²) >= 11 is 0. The second-order valence-electron chi connectivity index (χ2n) is 7.65. The van der Waals surface area contributed by atoms with Crippen molar-refractivity contribution in [2.45, 2.75) is 116 Å². The minimum atomic E-state index is -0.321. The number of aliphatic hydroxyl groups is 1. The fourth-order valence-corrected chi connectivity index (χ4v) is 3.51. The predicted octanol–water partition coefficient (Wildman–Crippen LogP) is 6.09. The Balaban J connectivity index is 1.77. The molecule has 0 saturated heterocycles. The zero-order chi connectivity index (χ0) is 18.2. The molecule has 0 aliphatic carbocycles. The minimum absolute atomic E-state index is 0.265. The molecule has 1 heterocycles. The summed E-state index contributed by atoms with van der Waals surface area (Å²) in [5, 5.41) is 9.98. The Morgan fingerprint density at radius 1 is 0.880 bits per heavy atom. The first-order chi connectivity index (χ1) is 12.2. The van der Waals surface area contributed by atoms with Crippen LogP contribution in [-0.4, -0.2) is 23.8 Å². The molecule has 0 amide bonds. The lowest BCUT2D eigenvalue weighted by Gasteiger charge is -2.10. The van der Waals surface area contributed by atoms with E-state index in [2.05, 4.69) is 6.92 Å². The third-order valence-corrected chi connectivity index (χ3v) is 5.11. The van der Waals surface area contributed by atoms with Gasteiger partial charge in [-0.05, 0) is 18.4 Å². The van der Waals surface area contributed by atoms with Gasteiger partial charge in [-0.1, -0.05) is 96.8 Å². The van der Waals surface area contributed by atoms with E-state index in [1.807, 2.05) is 0 Å². The van der Waals surface area contributed by atoms with Gasteiger partial charge in [-0.25, -0.2) is 4.79 Å². The van der Waals surface area contributed by atoms with E-state index < -0.39 is 0 Å². The van der Waals surface area contributed by atoms with Gasteiger partial charge in [0, 0.05) is 6.08 Å². The number of carbonyl (C=O) groups is 1. The molecule has 1 atom stereocenters. The van der Waals surface area contributed by atoms with E-state index in [1.165, 1.54) is 89.5 Å². The van der Waals surface area contributed by atoms with E-state index in [4.69, 9.17) is 4.74 Å². The van der Waals surface area contributed by atoms with Crippen LogP contribution in [0.1, 0.15) is 110 Å². The van der Waals surface area contributed by atoms with Crippen molar-refractivity contribution in [1.82, 2.24) is 0 Å². The molecule has 3 nitrogen and oxygen atoms in total. The van der Waals surface area contributed by atoms with Crippen molar-refractivity contribution >= 4 is 5.97 Å². The van der Waals surface area contributed by atoms with Crippen LogP contribution in [0.15, 0.2) is 11.6 Å². The van der Waals surface area contributed by atoms with Crippen molar-refractivity contribution < 1.29 is 14.6 Å². The quantitative estimate of drug-likeness (QED) is 0.254. The Hall–Kier alpha value is -0.830. The molecule has 1 rings (SSSR count). The SMILES string of the molecule is CCCCCCCCCCCCCCCC[C@@H](O)CC1=CC(=O)OC1. The number of rotatable bonds is 17. The van der Waals surface area contributed by atoms with Crippen LogP contribution < -0.4 is 0 Å². The van der Waals surface area contributed by atoms with Crippen molar-refractivity contribution in [2.24, 2.45) is 0 Å². The second kappa shape index (κ2) is 15.4. The number of carbonyl (C=O) groups excluding carboxylic acids is 1. The first-order valence-corrected chi connectivity index (χ1v) is 10.8. The Morgan fingerprint density at radius 2 is 1.36 bits per heavy atom. The van der Waals surface area contributed by atoms with E-state index in [1.54, 1.807) is 0 Å². The number of esters is 1. The van der Waals surface area contributed by atoms with Crippen LogP contribution in [0.2, 0.25) is 0 Å². The molecule has 0 spiro atoms. The molecule has 0 aromatic rings. The average molecular weight is 353 g/mol. The molecule has 0 saturated carbocycles. The Kier molecular flexibility index (Phi) is 13.7. The van der Waals surface area contributed by atoms with Crippen LogP contribution in [0.4, 0.5) is 0 Å². The van der Waals surface area contributed by atoms with Gasteiger partial charge in [0.15, 0.2) is 0 Å². The van der Waals surface area contributed by atoms with Gasteiger partial charge >= 0.3 is 5.97 Å². The number of hydrogen-bond donors (Lipinski definition) is 1. The Bertz CT molecular complexity index is 362. The largest absolute Gasteiger partial charge is 0.458 e. The molecule has 0 unspecified atom stereocenters. The molecule has 0 aromatic heterocycles. The summed E-state index contributed by atoms with van der Waals surface area (Å²) in [7, 11) is 0. The van der Waals surface area contributed by atoms with Crippen molar-refractivity contribution in [3.05, 3.63) is 11.6 Å². The van der Waals surface area contributed by atoms with Crippen molar-refractivity contribution in [3.8, 4) is 0 Å². The maximum Gasteiger partial charge on any atom is 0.331 e. The Morgan fingerprint density at radius 3 is 1.80 bits per heavy atom. The zero-order valence-electron chi connectivity index (χ0n) is 16.4. The highest BCUT2D eigenvalue weighted by Gasteiger charge is 2.15. The van der Waals surface area contributed by atoms with Crippen molar-refractivity contribution in [2.75, 3.05) is 6.61 Å². The molecular formula is C22H40O3. The predicted molar refractivity (Wildman–Crippen MR) is 105 cm³/mol. The van der Waals surface area contributed by atoms with E-state index in [0.717, 1.165) is 18.4 Å². The topological polar surface area (TPSA) is 46.5 Å². The van der Waals surface area contributed by atoms with Crippen LogP contribution in [0, 0.1) is 0 Å². The highest BCUT2D eigenvalue weighted by molar-refractivity contribution is 5.85. The van der Waals surface area contributed by atoms with Gasteiger partial charge in [-0.3, -0.25) is 0 Å². The molecule has 3 heteroatoms. The van der Waals surface area contributed by atoms with E-state index in [0.29, 0.717) is 13.0 Å². The minimum Gasteiger partial charge on any atom is -0.458 e. The van der Waals surface area contributed by atoms with Crippen LogP contribution >= 0.6 is 0 Å². The number of cyclic esters (lactones) is 1. The molecular weight excluding hydrogens is 312 g/mol. The molecule has 1 aliphatic rings. The van der Waals surface area contributed by atoms with Gasteiger partial charge in [0.25, 0.3) is 0 Å². The van der Waals surface area contributed by atoms with Gasteiger partial charge in [0.05, 0.1) is 6.10 Å². The maximum absolute atomic E-state index is 11.0. The third-order valence-electron chi connectivity index (χ3n) is 5.11. The molecule has 1 N–H and O–H groups in total. The van der Waals surface area contributed by atoms with E-state index in [9.17, 15) is 9.90 Å². The lowest BCUT2D eigenvalue weighted by molar-refractivity contribution is -0.134. The standard InChI is InChI=1S/C22H40O3/c1-2-3-4-5-6-7-8-9-10-11-12-13-14-15-16-21(23)17-20-18-22(24)25-19-20/h18,21,23H,2-17,19H2,1H3/t21-/m1/s1. The van der Waals surface area contributed by atoms with Gasteiger partial charge in [0.2, 0.25) is 0 Å². The maximum atomic E-state index is 11.0. The summed E-state index contributed by atoms with van der Waals surface area (Å²) in [4.78, 5) is 11.0. The molecule has 0 radical (unpaired) electrons. The third kappa shape index (κ3) is 13.1. The Labute approximate surface area is 155 Å². The van der Waals surface area contributed by atoms with Gasteiger partial charge in [-0.2, -0.15) is 0 Å². The summed E-state index contributed by atoms with van der Waals surface area (Å²) in [6, 6.07) is 0. The number of unbranched alkanes of at least 4 members (excludes halogenated alkanes) is 13. The van der Waals surface area contributed by atoms with Crippen LogP contribution in [0.25, 0.3) is 0 Å². The average Bonchev–Trinajstić information content (AvgIpc) is 3.00. The molecule has 0 fully saturated rings. The van der Waals surface area contributed by atoms with E-state index >= 15 is 0 Å². The van der Waals surface area contributed by atoms with Crippen molar-refractivity contribution in [3.63, 3.8) is 0 Å².